The minimum Gasteiger partial charge on any atom is -0.367 e. The van der Waals surface area contributed by atoms with Crippen LogP contribution in [0.2, 0.25) is 0 Å². The van der Waals surface area contributed by atoms with E-state index in [4.69, 9.17) is 4.98 Å². The Balaban J connectivity index is 1.69. The Bertz CT molecular complexity index is 427. The predicted octanol–water partition coefficient (Wildman–Crippen LogP) is 3.81. The zero-order valence-corrected chi connectivity index (χ0v) is 11.6. The highest BCUT2D eigenvalue weighted by Gasteiger charge is 2.25. The summed E-state index contributed by atoms with van der Waals surface area (Å²) >= 11 is 0. The van der Waals surface area contributed by atoms with Gasteiger partial charge in [-0.05, 0) is 62.0 Å². The molecule has 1 heterocycles. The fourth-order valence-corrected chi connectivity index (χ4v) is 3.57. The lowest BCUT2D eigenvalue weighted by Gasteiger charge is -2.33. The Kier molecular flexibility index (Phi) is 3.27. The lowest BCUT2D eigenvalue weighted by molar-refractivity contribution is 0.276. The molecule has 2 aliphatic carbocycles. The molecule has 3 atom stereocenters. The molecule has 1 aromatic heterocycles. The number of hydrogen-bond donors (Lipinski definition) is 1. The van der Waals surface area contributed by atoms with Crippen molar-refractivity contribution in [3.63, 3.8) is 0 Å². The van der Waals surface area contributed by atoms with E-state index >= 15 is 0 Å². The Hall–Kier alpha value is -1.05. The molecule has 3 rings (SSSR count). The second-order valence-electron chi connectivity index (χ2n) is 6.30. The molecule has 1 fully saturated rings. The van der Waals surface area contributed by atoms with Crippen LogP contribution < -0.4 is 5.32 Å². The van der Waals surface area contributed by atoms with Gasteiger partial charge in [0.2, 0.25) is 0 Å². The van der Waals surface area contributed by atoms with Crippen molar-refractivity contribution in [2.24, 2.45) is 11.8 Å². The Morgan fingerprint density at radius 2 is 2.06 bits per heavy atom. The van der Waals surface area contributed by atoms with Gasteiger partial charge in [-0.25, -0.2) is 4.98 Å². The molecule has 0 aliphatic heterocycles. The molecule has 2 nitrogen and oxygen atoms in total. The van der Waals surface area contributed by atoms with Gasteiger partial charge in [-0.1, -0.05) is 19.9 Å². The summed E-state index contributed by atoms with van der Waals surface area (Å²) in [6.45, 7) is 4.75. The van der Waals surface area contributed by atoms with Crippen LogP contribution in [0.5, 0.6) is 0 Å². The average Bonchev–Trinajstić information content (AvgIpc) is 2.80. The van der Waals surface area contributed by atoms with Crippen LogP contribution in [-0.2, 0) is 12.8 Å². The van der Waals surface area contributed by atoms with Crippen molar-refractivity contribution in [2.45, 2.75) is 58.4 Å². The van der Waals surface area contributed by atoms with Crippen molar-refractivity contribution in [2.75, 3.05) is 5.32 Å². The molecule has 0 aromatic carbocycles. The van der Waals surface area contributed by atoms with Gasteiger partial charge in [0, 0.05) is 11.7 Å². The molecule has 1 saturated carbocycles. The molecule has 18 heavy (non-hydrogen) atoms. The van der Waals surface area contributed by atoms with Gasteiger partial charge >= 0.3 is 0 Å². The molecule has 0 spiro atoms. The number of aryl methyl sites for hydroxylation is 2. The van der Waals surface area contributed by atoms with Gasteiger partial charge in [-0.15, -0.1) is 0 Å². The van der Waals surface area contributed by atoms with Gasteiger partial charge in [0.25, 0.3) is 0 Å². The predicted molar refractivity (Wildman–Crippen MR) is 75.9 cm³/mol. The van der Waals surface area contributed by atoms with Crippen LogP contribution in [0.25, 0.3) is 0 Å². The largest absolute Gasteiger partial charge is 0.367 e. The van der Waals surface area contributed by atoms with Crippen LogP contribution in [0.1, 0.15) is 50.8 Å². The summed E-state index contributed by atoms with van der Waals surface area (Å²) in [5.74, 6) is 2.76. The standard InChI is InChI=1S/C16H24N2/c1-11-6-8-14(12(2)10-11)17-16-9-7-13-4-3-5-15(13)18-16/h7,9,11-12,14H,3-6,8,10H2,1-2H3,(H,17,18). The fourth-order valence-electron chi connectivity index (χ4n) is 3.57. The summed E-state index contributed by atoms with van der Waals surface area (Å²) in [5.41, 5.74) is 2.79. The van der Waals surface area contributed by atoms with Crippen LogP contribution in [0.15, 0.2) is 12.1 Å². The highest BCUT2D eigenvalue weighted by Crippen LogP contribution is 2.31. The molecule has 2 heteroatoms. The third-order valence-corrected chi connectivity index (χ3v) is 4.69. The minimum absolute atomic E-state index is 0.619. The van der Waals surface area contributed by atoms with E-state index < -0.39 is 0 Å². The third kappa shape index (κ3) is 2.38. The lowest BCUT2D eigenvalue weighted by atomic mass is 9.80. The summed E-state index contributed by atoms with van der Waals surface area (Å²) in [6, 6.07) is 5.07. The van der Waals surface area contributed by atoms with Gasteiger partial charge in [-0.3, -0.25) is 0 Å². The molecule has 3 unspecified atom stereocenters. The van der Waals surface area contributed by atoms with Crippen LogP contribution >= 0.6 is 0 Å². The highest BCUT2D eigenvalue weighted by molar-refractivity contribution is 5.41. The Labute approximate surface area is 110 Å². The highest BCUT2D eigenvalue weighted by atomic mass is 15.0. The van der Waals surface area contributed by atoms with Crippen molar-refractivity contribution in [3.05, 3.63) is 23.4 Å². The first-order chi connectivity index (χ1) is 8.72. The minimum atomic E-state index is 0.619. The zero-order chi connectivity index (χ0) is 12.5. The van der Waals surface area contributed by atoms with Gasteiger partial charge in [0.05, 0.1) is 0 Å². The molecule has 2 aliphatic rings. The number of anilines is 1. The van der Waals surface area contributed by atoms with Crippen molar-refractivity contribution in [1.82, 2.24) is 4.98 Å². The topological polar surface area (TPSA) is 24.9 Å². The summed E-state index contributed by atoms with van der Waals surface area (Å²) in [4.78, 5) is 4.79. The van der Waals surface area contributed by atoms with Crippen LogP contribution in [0.3, 0.4) is 0 Å². The Morgan fingerprint density at radius 3 is 2.89 bits per heavy atom. The first-order valence-corrected chi connectivity index (χ1v) is 7.47. The Morgan fingerprint density at radius 1 is 1.17 bits per heavy atom. The van der Waals surface area contributed by atoms with Crippen molar-refractivity contribution in [1.29, 1.82) is 0 Å². The van der Waals surface area contributed by atoms with E-state index in [-0.39, 0.29) is 0 Å². The van der Waals surface area contributed by atoms with Crippen molar-refractivity contribution in [3.8, 4) is 0 Å². The van der Waals surface area contributed by atoms with Gasteiger partial charge in [0.1, 0.15) is 5.82 Å². The normalized spacial score (nSPS) is 31.1. The van der Waals surface area contributed by atoms with Crippen molar-refractivity contribution < 1.29 is 0 Å². The van der Waals surface area contributed by atoms with Gasteiger partial charge < -0.3 is 5.32 Å². The molecule has 0 radical (unpaired) electrons. The first-order valence-electron chi connectivity index (χ1n) is 7.47. The second kappa shape index (κ2) is 4.91. The number of nitrogens with zero attached hydrogens (tertiary/aromatic N) is 1. The van der Waals surface area contributed by atoms with E-state index in [1.807, 2.05) is 0 Å². The van der Waals surface area contributed by atoms with Crippen LogP contribution in [0, 0.1) is 11.8 Å². The van der Waals surface area contributed by atoms with E-state index in [1.165, 1.54) is 49.8 Å². The molecule has 0 bridgehead atoms. The van der Waals surface area contributed by atoms with Gasteiger partial charge in [-0.2, -0.15) is 0 Å². The summed E-state index contributed by atoms with van der Waals surface area (Å²) in [5, 5.41) is 3.67. The van der Waals surface area contributed by atoms with Crippen LogP contribution in [-0.4, -0.2) is 11.0 Å². The molecule has 1 aromatic rings. The quantitative estimate of drug-likeness (QED) is 0.855. The number of rotatable bonds is 2. The monoisotopic (exact) mass is 244 g/mol. The maximum Gasteiger partial charge on any atom is 0.126 e. The van der Waals surface area contributed by atoms with Crippen LogP contribution in [0.4, 0.5) is 5.82 Å². The number of aromatic nitrogens is 1. The second-order valence-corrected chi connectivity index (χ2v) is 6.30. The molecular formula is C16H24N2. The van der Waals surface area contributed by atoms with Gasteiger partial charge in [0.15, 0.2) is 0 Å². The zero-order valence-electron chi connectivity index (χ0n) is 11.6. The molecule has 1 N–H and O–H groups in total. The number of pyridine rings is 1. The van der Waals surface area contributed by atoms with E-state index in [1.54, 1.807) is 0 Å². The average molecular weight is 244 g/mol. The lowest BCUT2D eigenvalue weighted by Crippen LogP contribution is -2.33. The molecular weight excluding hydrogens is 220 g/mol. The number of hydrogen-bond acceptors (Lipinski definition) is 2. The molecule has 0 amide bonds. The van der Waals surface area contributed by atoms with E-state index in [0.717, 1.165) is 17.7 Å². The summed E-state index contributed by atoms with van der Waals surface area (Å²) in [7, 11) is 0. The number of nitrogens with one attached hydrogen (secondary N) is 1. The SMILES string of the molecule is CC1CCC(Nc2ccc3c(n2)CCC3)C(C)C1. The smallest absolute Gasteiger partial charge is 0.126 e. The van der Waals surface area contributed by atoms with Crippen molar-refractivity contribution >= 4 is 5.82 Å². The first kappa shape index (κ1) is 12.0. The summed E-state index contributed by atoms with van der Waals surface area (Å²) < 4.78 is 0. The van der Waals surface area contributed by atoms with E-state index in [2.05, 4.69) is 31.3 Å². The number of fused-ring (bicyclic) bond motifs is 1. The van der Waals surface area contributed by atoms with E-state index in [0.29, 0.717) is 6.04 Å². The fraction of sp³-hybridized carbons (Fsp3) is 0.688. The maximum atomic E-state index is 4.79. The molecule has 0 saturated heterocycles. The third-order valence-electron chi connectivity index (χ3n) is 4.69. The maximum absolute atomic E-state index is 4.79. The van der Waals surface area contributed by atoms with E-state index in [9.17, 15) is 0 Å². The molecule has 98 valence electrons. The summed E-state index contributed by atoms with van der Waals surface area (Å²) in [6.07, 6.45) is 7.67.